The highest BCUT2D eigenvalue weighted by Crippen LogP contribution is 2.24. The van der Waals surface area contributed by atoms with E-state index in [1.54, 1.807) is 0 Å². The normalized spacial score (nSPS) is 21.9. The van der Waals surface area contributed by atoms with Gasteiger partial charge in [-0.2, -0.15) is 13.2 Å². The molecule has 0 bridgehead atoms. The number of hydrogen-bond donors (Lipinski definition) is 1. The van der Waals surface area contributed by atoms with Crippen LogP contribution in [-0.4, -0.2) is 60.8 Å². The van der Waals surface area contributed by atoms with Crippen LogP contribution < -0.4 is 5.73 Å². The summed E-state index contributed by atoms with van der Waals surface area (Å²) in [5, 5.41) is 0. The first-order chi connectivity index (χ1) is 9.30. The fraction of sp³-hybridized carbons (Fsp3) is 1.00. The van der Waals surface area contributed by atoms with Gasteiger partial charge in [-0.15, -0.1) is 0 Å². The molecule has 1 unspecified atom stereocenters. The summed E-state index contributed by atoms with van der Waals surface area (Å²) in [4.78, 5) is 3.76. The average molecular weight is 295 g/mol. The fourth-order valence-corrected chi connectivity index (χ4v) is 2.84. The van der Waals surface area contributed by atoms with Crippen molar-refractivity contribution in [2.75, 3.05) is 39.3 Å². The van der Waals surface area contributed by atoms with Crippen molar-refractivity contribution in [3.8, 4) is 0 Å². The molecule has 1 saturated heterocycles. The largest absolute Gasteiger partial charge is 0.401 e. The Balaban J connectivity index is 2.45. The van der Waals surface area contributed by atoms with Gasteiger partial charge in [-0.25, -0.2) is 0 Å². The van der Waals surface area contributed by atoms with Gasteiger partial charge in [0.15, 0.2) is 0 Å². The molecule has 0 aromatic heterocycles. The molecule has 1 atom stereocenters. The lowest BCUT2D eigenvalue weighted by molar-refractivity contribution is -0.150. The first-order valence-electron chi connectivity index (χ1n) is 7.55. The summed E-state index contributed by atoms with van der Waals surface area (Å²) in [6.45, 7) is 6.38. The Morgan fingerprint density at radius 2 is 1.65 bits per heavy atom. The number of nitrogens with zero attached hydrogens (tertiary/aromatic N) is 2. The van der Waals surface area contributed by atoms with Gasteiger partial charge in [0.05, 0.1) is 6.54 Å². The number of rotatable bonds is 7. The highest BCUT2D eigenvalue weighted by atomic mass is 19.4. The van der Waals surface area contributed by atoms with Crippen LogP contribution >= 0.6 is 0 Å². The number of halogens is 3. The van der Waals surface area contributed by atoms with Crippen molar-refractivity contribution in [1.29, 1.82) is 0 Å². The first kappa shape index (κ1) is 17.7. The first-order valence-corrected chi connectivity index (χ1v) is 7.55. The Hall–Kier alpha value is -0.330. The van der Waals surface area contributed by atoms with Gasteiger partial charge in [0.2, 0.25) is 0 Å². The van der Waals surface area contributed by atoms with E-state index in [2.05, 4.69) is 18.7 Å². The van der Waals surface area contributed by atoms with Crippen molar-refractivity contribution in [3.63, 3.8) is 0 Å². The lowest BCUT2D eigenvalue weighted by Crippen LogP contribution is -2.59. The molecule has 20 heavy (non-hydrogen) atoms. The molecule has 0 saturated carbocycles. The van der Waals surface area contributed by atoms with E-state index in [0.29, 0.717) is 32.7 Å². The molecule has 0 aromatic rings. The van der Waals surface area contributed by atoms with Crippen LogP contribution in [0.4, 0.5) is 13.2 Å². The summed E-state index contributed by atoms with van der Waals surface area (Å²) in [6.07, 6.45) is 0.410. The maximum atomic E-state index is 12.4. The van der Waals surface area contributed by atoms with Crippen molar-refractivity contribution in [3.05, 3.63) is 0 Å². The molecule has 3 nitrogen and oxygen atoms in total. The second kappa shape index (κ2) is 7.61. The van der Waals surface area contributed by atoms with Crippen LogP contribution in [-0.2, 0) is 0 Å². The summed E-state index contributed by atoms with van der Waals surface area (Å²) in [5.74, 6) is 0. The van der Waals surface area contributed by atoms with Gasteiger partial charge in [0.1, 0.15) is 0 Å². The highest BCUT2D eigenvalue weighted by Gasteiger charge is 2.36. The molecule has 0 aromatic carbocycles. The molecular weight excluding hydrogens is 267 g/mol. The predicted molar refractivity (Wildman–Crippen MR) is 75.7 cm³/mol. The van der Waals surface area contributed by atoms with Gasteiger partial charge in [0, 0.05) is 38.3 Å². The van der Waals surface area contributed by atoms with Crippen molar-refractivity contribution in [2.24, 2.45) is 5.73 Å². The van der Waals surface area contributed by atoms with Crippen LogP contribution in [0.25, 0.3) is 0 Å². The quantitative estimate of drug-likeness (QED) is 0.732. The zero-order valence-corrected chi connectivity index (χ0v) is 12.7. The second-order valence-corrected chi connectivity index (χ2v) is 6.04. The van der Waals surface area contributed by atoms with Crippen LogP contribution in [0.15, 0.2) is 0 Å². The molecule has 0 amide bonds. The van der Waals surface area contributed by atoms with E-state index in [1.165, 1.54) is 17.7 Å². The van der Waals surface area contributed by atoms with Crippen LogP contribution in [0.5, 0.6) is 0 Å². The number of piperazine rings is 1. The van der Waals surface area contributed by atoms with Crippen molar-refractivity contribution in [2.45, 2.75) is 51.2 Å². The number of unbranched alkanes of at least 4 members (excludes halogenated alkanes) is 2. The highest BCUT2D eigenvalue weighted by molar-refractivity contribution is 4.90. The van der Waals surface area contributed by atoms with Gasteiger partial charge in [-0.05, 0) is 13.3 Å². The predicted octanol–water partition coefficient (Wildman–Crippen LogP) is 2.46. The van der Waals surface area contributed by atoms with Crippen LogP contribution in [0.1, 0.15) is 39.5 Å². The molecule has 1 aliphatic heterocycles. The molecule has 1 aliphatic rings. The third-order valence-electron chi connectivity index (χ3n) is 4.30. The smallest absolute Gasteiger partial charge is 0.329 e. The lowest BCUT2D eigenvalue weighted by atomic mass is 9.91. The summed E-state index contributed by atoms with van der Waals surface area (Å²) in [5.41, 5.74) is 5.85. The standard InChI is InChI=1S/C14H28F3N3/c1-3-4-5-6-13(2,11-18)20-9-7-19(8-10-20)12-14(15,16)17/h3-12,18H2,1-2H3. The van der Waals surface area contributed by atoms with E-state index in [0.717, 1.165) is 12.8 Å². The van der Waals surface area contributed by atoms with E-state index >= 15 is 0 Å². The summed E-state index contributed by atoms with van der Waals surface area (Å²) in [6, 6.07) is 0. The number of nitrogens with two attached hydrogens (primary N) is 1. The molecule has 6 heteroatoms. The Kier molecular flexibility index (Phi) is 6.75. The van der Waals surface area contributed by atoms with Crippen LogP contribution in [0, 0.1) is 0 Å². The van der Waals surface area contributed by atoms with E-state index in [-0.39, 0.29) is 5.54 Å². The SMILES string of the molecule is CCCCCC(C)(CN)N1CCN(CC(F)(F)F)CC1. The Morgan fingerprint density at radius 3 is 2.10 bits per heavy atom. The Morgan fingerprint density at radius 1 is 1.05 bits per heavy atom. The average Bonchev–Trinajstić information content (AvgIpc) is 2.38. The Bertz CT molecular complexity index is 275. The minimum Gasteiger partial charge on any atom is -0.329 e. The van der Waals surface area contributed by atoms with Gasteiger partial charge in [0.25, 0.3) is 0 Å². The van der Waals surface area contributed by atoms with E-state index in [9.17, 15) is 13.2 Å². The van der Waals surface area contributed by atoms with Crippen LogP contribution in [0.3, 0.4) is 0 Å². The van der Waals surface area contributed by atoms with E-state index in [4.69, 9.17) is 5.73 Å². The Labute approximate surface area is 120 Å². The minimum atomic E-state index is -4.10. The molecular formula is C14H28F3N3. The molecule has 1 heterocycles. The molecule has 2 N–H and O–H groups in total. The van der Waals surface area contributed by atoms with Crippen LogP contribution in [0.2, 0.25) is 0 Å². The number of alkyl halides is 3. The molecule has 1 fully saturated rings. The van der Waals surface area contributed by atoms with Crippen molar-refractivity contribution < 1.29 is 13.2 Å². The van der Waals surface area contributed by atoms with E-state index < -0.39 is 12.7 Å². The maximum absolute atomic E-state index is 12.4. The molecule has 120 valence electrons. The third-order valence-corrected chi connectivity index (χ3v) is 4.30. The van der Waals surface area contributed by atoms with Gasteiger partial charge < -0.3 is 5.73 Å². The van der Waals surface area contributed by atoms with Crippen molar-refractivity contribution >= 4 is 0 Å². The molecule has 0 radical (unpaired) electrons. The molecule has 0 spiro atoms. The topological polar surface area (TPSA) is 32.5 Å². The maximum Gasteiger partial charge on any atom is 0.401 e. The lowest BCUT2D eigenvalue weighted by Gasteiger charge is -2.45. The second-order valence-electron chi connectivity index (χ2n) is 6.04. The van der Waals surface area contributed by atoms with E-state index in [1.807, 2.05) is 0 Å². The van der Waals surface area contributed by atoms with Gasteiger partial charge >= 0.3 is 6.18 Å². The number of hydrogen-bond acceptors (Lipinski definition) is 3. The van der Waals surface area contributed by atoms with Gasteiger partial charge in [-0.3, -0.25) is 9.80 Å². The monoisotopic (exact) mass is 295 g/mol. The molecule has 0 aliphatic carbocycles. The zero-order valence-electron chi connectivity index (χ0n) is 12.7. The van der Waals surface area contributed by atoms with Crippen molar-refractivity contribution in [1.82, 2.24) is 9.80 Å². The summed E-state index contributed by atoms with van der Waals surface area (Å²) < 4.78 is 37.1. The summed E-state index contributed by atoms with van der Waals surface area (Å²) >= 11 is 0. The molecule has 1 rings (SSSR count). The van der Waals surface area contributed by atoms with Gasteiger partial charge in [-0.1, -0.05) is 26.2 Å². The fourth-order valence-electron chi connectivity index (χ4n) is 2.84. The third kappa shape index (κ3) is 5.58. The zero-order chi connectivity index (χ0) is 15.2. The minimum absolute atomic E-state index is 0.0699. The summed E-state index contributed by atoms with van der Waals surface area (Å²) in [7, 11) is 0.